The van der Waals surface area contributed by atoms with Crippen LogP contribution in [0.15, 0.2) is 4.47 Å². The first kappa shape index (κ1) is 15.7. The topological polar surface area (TPSA) is 61.0 Å². The van der Waals surface area contributed by atoms with Crippen LogP contribution in [-0.4, -0.2) is 16.6 Å². The summed E-state index contributed by atoms with van der Waals surface area (Å²) in [4.78, 5) is 9.30. The normalized spacial score (nSPS) is 18.1. The van der Waals surface area contributed by atoms with Crippen molar-refractivity contribution in [1.82, 2.24) is 9.97 Å². The minimum absolute atomic E-state index is 0.329. The highest BCUT2D eigenvalue weighted by atomic mass is 79.9. The Morgan fingerprint density at radius 3 is 2.50 bits per heavy atom. The van der Waals surface area contributed by atoms with E-state index in [0.29, 0.717) is 12.4 Å². The summed E-state index contributed by atoms with van der Waals surface area (Å²) in [6.45, 7) is 4.86. The highest BCUT2D eigenvalue weighted by Crippen LogP contribution is 2.40. The Balaban J connectivity index is 2.42. The summed E-state index contributed by atoms with van der Waals surface area (Å²) in [5.41, 5.74) is 6.73. The van der Waals surface area contributed by atoms with Crippen molar-refractivity contribution in [2.75, 3.05) is 12.3 Å². The summed E-state index contributed by atoms with van der Waals surface area (Å²) in [7, 11) is 0. The van der Waals surface area contributed by atoms with E-state index < -0.39 is 0 Å². The summed E-state index contributed by atoms with van der Waals surface area (Å²) < 4.78 is 6.93. The summed E-state index contributed by atoms with van der Waals surface area (Å²) >= 11 is 3.51. The molecule has 1 aromatic rings. The van der Waals surface area contributed by atoms with E-state index in [2.05, 4.69) is 27.8 Å². The molecular formula is C15H24BrN3O. The molecule has 0 aliphatic heterocycles. The van der Waals surface area contributed by atoms with Crippen molar-refractivity contribution in [3.63, 3.8) is 0 Å². The number of aromatic nitrogens is 2. The predicted molar refractivity (Wildman–Crippen MR) is 84.5 cm³/mol. The van der Waals surface area contributed by atoms with Gasteiger partial charge in [-0.15, -0.1) is 0 Å². The second kappa shape index (κ2) is 6.85. The van der Waals surface area contributed by atoms with Crippen molar-refractivity contribution in [3.05, 3.63) is 16.0 Å². The van der Waals surface area contributed by atoms with Crippen molar-refractivity contribution in [2.24, 2.45) is 0 Å². The largest absolute Gasteiger partial charge is 0.383 e. The van der Waals surface area contributed by atoms with Gasteiger partial charge in [0.15, 0.2) is 5.82 Å². The summed E-state index contributed by atoms with van der Waals surface area (Å²) in [6.07, 6.45) is 7.53. The fraction of sp³-hybridized carbons (Fsp3) is 0.733. The van der Waals surface area contributed by atoms with Gasteiger partial charge in [0, 0.05) is 6.61 Å². The molecule has 1 fully saturated rings. The lowest BCUT2D eigenvalue weighted by molar-refractivity contribution is -0.0767. The fourth-order valence-electron chi connectivity index (χ4n) is 2.95. The van der Waals surface area contributed by atoms with Gasteiger partial charge in [0.2, 0.25) is 0 Å². The molecule has 2 N–H and O–H groups in total. The third-order valence-electron chi connectivity index (χ3n) is 3.92. The van der Waals surface area contributed by atoms with Crippen molar-refractivity contribution < 1.29 is 4.74 Å². The number of aryl methyl sites for hydroxylation is 1. The van der Waals surface area contributed by atoms with Gasteiger partial charge in [-0.25, -0.2) is 9.97 Å². The number of nitrogens with two attached hydrogens (primary N) is 1. The Bertz CT molecular complexity index is 453. The quantitative estimate of drug-likeness (QED) is 0.880. The molecule has 0 spiro atoms. The zero-order chi connectivity index (χ0) is 14.6. The standard InChI is InChI=1S/C15H24BrN3O/c1-3-8-11-12(16)13(17)19-14(18-11)15(20-4-2)9-6-5-7-10-15/h3-10H2,1-2H3,(H2,17,18,19). The number of nitrogen functional groups attached to an aromatic ring is 1. The van der Waals surface area contributed by atoms with Crippen LogP contribution >= 0.6 is 15.9 Å². The summed E-state index contributed by atoms with van der Waals surface area (Å²) in [5, 5.41) is 0. The van der Waals surface area contributed by atoms with E-state index >= 15 is 0 Å². The van der Waals surface area contributed by atoms with Crippen LogP contribution in [0.2, 0.25) is 0 Å². The van der Waals surface area contributed by atoms with E-state index in [-0.39, 0.29) is 5.60 Å². The van der Waals surface area contributed by atoms with Gasteiger partial charge in [-0.1, -0.05) is 32.6 Å². The van der Waals surface area contributed by atoms with Gasteiger partial charge in [0.25, 0.3) is 0 Å². The maximum Gasteiger partial charge on any atom is 0.162 e. The number of hydrogen-bond acceptors (Lipinski definition) is 4. The van der Waals surface area contributed by atoms with Crippen LogP contribution in [0.3, 0.4) is 0 Å². The molecule has 1 saturated carbocycles. The monoisotopic (exact) mass is 341 g/mol. The van der Waals surface area contributed by atoms with Crippen LogP contribution in [0.4, 0.5) is 5.82 Å². The summed E-state index contributed by atoms with van der Waals surface area (Å²) in [5.74, 6) is 1.31. The highest BCUT2D eigenvalue weighted by molar-refractivity contribution is 9.10. The Labute approximate surface area is 129 Å². The van der Waals surface area contributed by atoms with Gasteiger partial charge in [-0.05, 0) is 42.1 Å². The Hall–Kier alpha value is -0.680. The predicted octanol–water partition coefficient (Wildman–Crippen LogP) is 3.97. The number of hydrogen-bond donors (Lipinski definition) is 1. The van der Waals surface area contributed by atoms with Gasteiger partial charge in [0.1, 0.15) is 11.4 Å². The Morgan fingerprint density at radius 1 is 1.20 bits per heavy atom. The summed E-state index contributed by atoms with van der Waals surface area (Å²) in [6, 6.07) is 0. The molecule has 0 atom stereocenters. The van der Waals surface area contributed by atoms with E-state index in [1.807, 2.05) is 6.92 Å². The molecule has 4 nitrogen and oxygen atoms in total. The molecule has 1 heterocycles. The van der Waals surface area contributed by atoms with Gasteiger partial charge in [-0.2, -0.15) is 0 Å². The minimum atomic E-state index is -0.329. The van der Waals surface area contributed by atoms with Gasteiger partial charge in [0.05, 0.1) is 10.2 Å². The number of ether oxygens (including phenoxy) is 1. The van der Waals surface area contributed by atoms with Crippen LogP contribution in [0.5, 0.6) is 0 Å². The second-order valence-electron chi connectivity index (χ2n) is 5.43. The first-order chi connectivity index (χ1) is 9.63. The molecule has 1 aliphatic rings. The lowest BCUT2D eigenvalue weighted by atomic mass is 9.83. The second-order valence-corrected chi connectivity index (χ2v) is 6.22. The van der Waals surface area contributed by atoms with Crippen molar-refractivity contribution >= 4 is 21.7 Å². The van der Waals surface area contributed by atoms with Gasteiger partial charge >= 0.3 is 0 Å². The van der Waals surface area contributed by atoms with E-state index in [1.54, 1.807) is 0 Å². The lowest BCUT2D eigenvalue weighted by Gasteiger charge is -2.35. The van der Waals surface area contributed by atoms with Crippen molar-refractivity contribution in [3.8, 4) is 0 Å². The van der Waals surface area contributed by atoms with E-state index in [4.69, 9.17) is 15.5 Å². The molecule has 1 aliphatic carbocycles. The van der Waals surface area contributed by atoms with Crippen LogP contribution in [-0.2, 0) is 16.8 Å². The number of rotatable bonds is 5. The molecule has 2 rings (SSSR count). The lowest BCUT2D eigenvalue weighted by Crippen LogP contribution is -2.35. The van der Waals surface area contributed by atoms with Gasteiger partial charge in [-0.3, -0.25) is 0 Å². The molecule has 1 aromatic heterocycles. The van der Waals surface area contributed by atoms with Crippen molar-refractivity contribution in [2.45, 2.75) is 64.4 Å². The molecule has 0 bridgehead atoms. The molecule has 0 radical (unpaired) electrons. The Kier molecular flexibility index (Phi) is 5.38. The average Bonchev–Trinajstić information content (AvgIpc) is 2.45. The molecule has 0 unspecified atom stereocenters. The van der Waals surface area contributed by atoms with E-state index in [0.717, 1.165) is 41.7 Å². The maximum absolute atomic E-state index is 6.09. The van der Waals surface area contributed by atoms with Crippen LogP contribution in [0, 0.1) is 0 Å². The Morgan fingerprint density at radius 2 is 1.90 bits per heavy atom. The van der Waals surface area contributed by atoms with Gasteiger partial charge < -0.3 is 10.5 Å². The third kappa shape index (κ3) is 3.14. The van der Waals surface area contributed by atoms with E-state index in [1.165, 1.54) is 19.3 Å². The van der Waals surface area contributed by atoms with Crippen LogP contribution < -0.4 is 5.73 Å². The van der Waals surface area contributed by atoms with Crippen LogP contribution in [0.25, 0.3) is 0 Å². The third-order valence-corrected chi connectivity index (χ3v) is 4.79. The first-order valence-electron chi connectivity index (χ1n) is 7.59. The maximum atomic E-state index is 6.09. The van der Waals surface area contributed by atoms with Crippen molar-refractivity contribution in [1.29, 1.82) is 0 Å². The first-order valence-corrected chi connectivity index (χ1v) is 8.38. The smallest absolute Gasteiger partial charge is 0.162 e. The number of anilines is 1. The molecule has 5 heteroatoms. The highest BCUT2D eigenvalue weighted by Gasteiger charge is 2.38. The number of nitrogens with zero attached hydrogens (tertiary/aromatic N) is 2. The SMILES string of the molecule is CCCc1nc(C2(OCC)CCCCC2)nc(N)c1Br. The van der Waals surface area contributed by atoms with E-state index in [9.17, 15) is 0 Å². The molecule has 0 saturated heterocycles. The zero-order valence-electron chi connectivity index (χ0n) is 12.4. The number of halogens is 1. The molecule has 0 amide bonds. The molecule has 0 aromatic carbocycles. The average molecular weight is 342 g/mol. The minimum Gasteiger partial charge on any atom is -0.383 e. The fourth-order valence-corrected chi connectivity index (χ4v) is 3.33. The zero-order valence-corrected chi connectivity index (χ0v) is 14.0. The molecule has 20 heavy (non-hydrogen) atoms. The molecule has 112 valence electrons. The van der Waals surface area contributed by atoms with Crippen LogP contribution in [0.1, 0.15) is 63.9 Å². The molecular weight excluding hydrogens is 318 g/mol.